The first kappa shape index (κ1) is 14.4. The number of hydrogen-bond acceptors (Lipinski definition) is 4. The molecule has 1 aliphatic rings. The van der Waals surface area contributed by atoms with Crippen molar-refractivity contribution in [2.45, 2.75) is 19.3 Å². The molecule has 0 aromatic carbocycles. The summed E-state index contributed by atoms with van der Waals surface area (Å²) >= 11 is 0. The van der Waals surface area contributed by atoms with E-state index < -0.39 is 5.97 Å². The third kappa shape index (κ3) is 5.48. The van der Waals surface area contributed by atoms with Gasteiger partial charge in [-0.3, -0.25) is 9.69 Å². The Labute approximate surface area is 103 Å². The van der Waals surface area contributed by atoms with E-state index in [4.69, 9.17) is 14.6 Å². The van der Waals surface area contributed by atoms with E-state index in [0.717, 1.165) is 32.5 Å². The van der Waals surface area contributed by atoms with Gasteiger partial charge in [-0.05, 0) is 18.3 Å². The van der Waals surface area contributed by atoms with Crippen molar-refractivity contribution in [2.75, 3.05) is 47.1 Å². The van der Waals surface area contributed by atoms with Crippen molar-refractivity contribution in [3.63, 3.8) is 0 Å². The molecule has 100 valence electrons. The van der Waals surface area contributed by atoms with Gasteiger partial charge in [-0.2, -0.15) is 0 Å². The van der Waals surface area contributed by atoms with E-state index in [1.807, 2.05) is 0 Å². The van der Waals surface area contributed by atoms with Crippen LogP contribution in [0, 0.1) is 5.41 Å². The first-order valence-corrected chi connectivity index (χ1v) is 6.04. The Morgan fingerprint density at radius 1 is 1.24 bits per heavy atom. The molecular weight excluding hydrogens is 222 g/mol. The Morgan fingerprint density at radius 2 is 1.76 bits per heavy atom. The number of carboxylic acid groups (broad SMARTS) is 1. The molecule has 0 bridgehead atoms. The molecule has 5 nitrogen and oxygen atoms in total. The number of nitrogens with zero attached hydrogens (tertiary/aromatic N) is 1. The molecule has 0 spiro atoms. The maximum absolute atomic E-state index is 10.8. The van der Waals surface area contributed by atoms with Crippen LogP contribution in [0.4, 0.5) is 0 Å². The maximum Gasteiger partial charge on any atom is 0.303 e. The van der Waals surface area contributed by atoms with Crippen molar-refractivity contribution in [1.82, 2.24) is 4.90 Å². The van der Waals surface area contributed by atoms with Gasteiger partial charge in [-0.15, -0.1) is 0 Å². The highest BCUT2D eigenvalue weighted by molar-refractivity contribution is 5.68. The van der Waals surface area contributed by atoms with Crippen LogP contribution in [0.2, 0.25) is 0 Å². The lowest BCUT2D eigenvalue weighted by atomic mass is 10.0. The van der Waals surface area contributed by atoms with Crippen molar-refractivity contribution in [3.8, 4) is 0 Å². The molecule has 0 aromatic rings. The summed E-state index contributed by atoms with van der Waals surface area (Å²) in [6.45, 7) is 3.86. The topological polar surface area (TPSA) is 59.0 Å². The van der Waals surface area contributed by atoms with Crippen LogP contribution in [0.1, 0.15) is 19.3 Å². The van der Waals surface area contributed by atoms with E-state index >= 15 is 0 Å². The zero-order chi connectivity index (χ0) is 12.7. The molecule has 0 unspecified atom stereocenters. The van der Waals surface area contributed by atoms with Gasteiger partial charge < -0.3 is 14.6 Å². The first-order chi connectivity index (χ1) is 8.12. The van der Waals surface area contributed by atoms with Crippen LogP contribution in [-0.2, 0) is 14.3 Å². The van der Waals surface area contributed by atoms with Gasteiger partial charge in [-0.25, -0.2) is 0 Å². The Hall–Kier alpha value is -0.650. The molecule has 1 saturated carbocycles. The summed E-state index contributed by atoms with van der Waals surface area (Å²) in [5, 5.41) is 8.89. The minimum absolute atomic E-state index is 0.00726. The number of rotatable bonds is 10. The Morgan fingerprint density at radius 3 is 2.12 bits per heavy atom. The van der Waals surface area contributed by atoms with E-state index in [0.29, 0.717) is 13.2 Å². The fourth-order valence-electron chi connectivity index (χ4n) is 2.07. The minimum Gasteiger partial charge on any atom is -0.481 e. The summed E-state index contributed by atoms with van der Waals surface area (Å²) in [5.41, 5.74) is 0.00726. The molecule has 0 radical (unpaired) electrons. The molecule has 1 fully saturated rings. The lowest BCUT2D eigenvalue weighted by Crippen LogP contribution is -2.36. The summed E-state index contributed by atoms with van der Waals surface area (Å²) in [4.78, 5) is 13.0. The second-order valence-corrected chi connectivity index (χ2v) is 4.83. The summed E-state index contributed by atoms with van der Waals surface area (Å²) in [6, 6.07) is 0. The third-order valence-electron chi connectivity index (χ3n) is 3.27. The third-order valence-corrected chi connectivity index (χ3v) is 3.27. The van der Waals surface area contributed by atoms with Crippen LogP contribution in [0.5, 0.6) is 0 Å². The predicted molar refractivity (Wildman–Crippen MR) is 64.1 cm³/mol. The largest absolute Gasteiger partial charge is 0.481 e. The number of ether oxygens (including phenoxy) is 2. The van der Waals surface area contributed by atoms with E-state index in [2.05, 4.69) is 4.90 Å². The monoisotopic (exact) mass is 245 g/mol. The van der Waals surface area contributed by atoms with Gasteiger partial charge in [0.05, 0.1) is 19.6 Å². The van der Waals surface area contributed by atoms with Gasteiger partial charge in [0.1, 0.15) is 0 Å². The fraction of sp³-hybridized carbons (Fsp3) is 0.917. The minimum atomic E-state index is -0.694. The number of hydrogen-bond donors (Lipinski definition) is 1. The Balaban J connectivity index is 2.38. The van der Waals surface area contributed by atoms with Gasteiger partial charge in [0.15, 0.2) is 0 Å². The molecule has 17 heavy (non-hydrogen) atoms. The van der Waals surface area contributed by atoms with Gasteiger partial charge in [0.2, 0.25) is 0 Å². The number of methoxy groups -OCH3 is 2. The van der Waals surface area contributed by atoms with Crippen LogP contribution in [0.25, 0.3) is 0 Å². The molecule has 0 heterocycles. The molecule has 1 aliphatic carbocycles. The highest BCUT2D eigenvalue weighted by atomic mass is 16.5. The quantitative estimate of drug-likeness (QED) is 0.618. The molecule has 0 aliphatic heterocycles. The van der Waals surface area contributed by atoms with E-state index in [1.54, 1.807) is 14.2 Å². The van der Waals surface area contributed by atoms with Crippen LogP contribution in [0.3, 0.4) is 0 Å². The van der Waals surface area contributed by atoms with Crippen LogP contribution < -0.4 is 0 Å². The van der Waals surface area contributed by atoms with Crippen LogP contribution in [0.15, 0.2) is 0 Å². The van der Waals surface area contributed by atoms with Crippen molar-refractivity contribution in [3.05, 3.63) is 0 Å². The van der Waals surface area contributed by atoms with Crippen molar-refractivity contribution in [2.24, 2.45) is 5.41 Å². The molecule has 5 heteroatoms. The zero-order valence-corrected chi connectivity index (χ0v) is 10.8. The summed E-state index contributed by atoms with van der Waals surface area (Å²) in [7, 11) is 3.36. The molecule has 0 aromatic heterocycles. The van der Waals surface area contributed by atoms with E-state index in [-0.39, 0.29) is 11.8 Å². The zero-order valence-electron chi connectivity index (χ0n) is 10.8. The molecular formula is C12H23NO4. The number of carbonyl (C=O) groups is 1. The summed E-state index contributed by atoms with van der Waals surface area (Å²) in [6.07, 6.45) is 2.33. The average molecular weight is 245 g/mol. The van der Waals surface area contributed by atoms with Crippen molar-refractivity contribution < 1.29 is 19.4 Å². The predicted octanol–water partition coefficient (Wildman–Crippen LogP) is 0.836. The summed E-state index contributed by atoms with van der Waals surface area (Å²) < 4.78 is 10.1. The lowest BCUT2D eigenvalue weighted by molar-refractivity contribution is -0.138. The number of carboxylic acids is 1. The highest BCUT2D eigenvalue weighted by Gasteiger charge is 2.45. The maximum atomic E-state index is 10.8. The highest BCUT2D eigenvalue weighted by Crippen LogP contribution is 2.49. The van der Waals surface area contributed by atoms with Gasteiger partial charge in [0.25, 0.3) is 0 Å². The SMILES string of the molecule is COCCN(CCOC)CC1(CC(=O)O)CC1. The van der Waals surface area contributed by atoms with Gasteiger partial charge in [-0.1, -0.05) is 0 Å². The van der Waals surface area contributed by atoms with E-state index in [9.17, 15) is 4.79 Å². The van der Waals surface area contributed by atoms with Crippen LogP contribution >= 0.6 is 0 Å². The number of aliphatic carboxylic acids is 1. The van der Waals surface area contributed by atoms with Gasteiger partial charge in [0, 0.05) is 33.9 Å². The standard InChI is InChI=1S/C12H23NO4/c1-16-7-5-13(6-8-17-2)10-12(3-4-12)9-11(14)15/h3-10H2,1-2H3,(H,14,15). The normalized spacial score (nSPS) is 17.4. The van der Waals surface area contributed by atoms with E-state index in [1.165, 1.54) is 0 Å². The second kappa shape index (κ2) is 6.93. The Bertz CT molecular complexity index is 233. The molecule has 1 N–H and O–H groups in total. The smallest absolute Gasteiger partial charge is 0.303 e. The second-order valence-electron chi connectivity index (χ2n) is 4.83. The molecule has 0 amide bonds. The van der Waals surface area contributed by atoms with Gasteiger partial charge >= 0.3 is 5.97 Å². The average Bonchev–Trinajstić information content (AvgIpc) is 3.01. The fourth-order valence-corrected chi connectivity index (χ4v) is 2.07. The molecule has 0 saturated heterocycles. The lowest BCUT2D eigenvalue weighted by Gasteiger charge is -2.26. The summed E-state index contributed by atoms with van der Waals surface area (Å²) in [5.74, 6) is -0.694. The first-order valence-electron chi connectivity index (χ1n) is 6.04. The Kier molecular flexibility index (Phi) is 5.88. The molecule has 0 atom stereocenters. The molecule has 1 rings (SSSR count). The van der Waals surface area contributed by atoms with Crippen molar-refractivity contribution in [1.29, 1.82) is 0 Å². The van der Waals surface area contributed by atoms with Crippen LogP contribution in [-0.4, -0.2) is 63.0 Å². The van der Waals surface area contributed by atoms with Crippen molar-refractivity contribution >= 4 is 5.97 Å².